The number of rotatable bonds is 7. The van der Waals surface area contributed by atoms with E-state index < -0.39 is 56.0 Å². The maximum atomic E-state index is 12.2. The van der Waals surface area contributed by atoms with Crippen LogP contribution in [0.15, 0.2) is 30.3 Å². The predicted octanol–water partition coefficient (Wildman–Crippen LogP) is 4.78. The van der Waals surface area contributed by atoms with Gasteiger partial charge in [0.05, 0.1) is 23.4 Å². The van der Waals surface area contributed by atoms with Crippen LogP contribution in [0.1, 0.15) is 67.9 Å². The van der Waals surface area contributed by atoms with Gasteiger partial charge in [-0.3, -0.25) is 0 Å². The monoisotopic (exact) mass is 482 g/mol. The van der Waals surface area contributed by atoms with Crippen LogP contribution < -0.4 is 0 Å². The highest BCUT2D eigenvalue weighted by atomic mass is 28.3. The Kier molecular flexibility index (Phi) is 9.00. The van der Waals surface area contributed by atoms with Gasteiger partial charge in [0.25, 0.3) is 0 Å². The largest absolute Gasteiger partial charge is 0.418 e. The zero-order valence-corrected chi connectivity index (χ0v) is 23.6. The second-order valence-corrected chi connectivity index (χ2v) is 14.6. The minimum atomic E-state index is -1.74. The van der Waals surface area contributed by atoms with Gasteiger partial charge < -0.3 is 28.5 Å². The van der Waals surface area contributed by atoms with Crippen LogP contribution >= 0.6 is 0 Å². The molecule has 0 saturated carbocycles. The SMILES string of the molecule is C[SiH](C)OC[C@H]1O[C@](O)(c2ccccc2)[C@H](OC(C)(C)C)[C@@H](OC(C)(C)C)[C@@H]1OC(C)(C)C. The molecule has 2 rings (SSSR count). The fourth-order valence-corrected chi connectivity index (χ4v) is 4.49. The Balaban J connectivity index is 2.67. The Morgan fingerprint density at radius 1 is 0.818 bits per heavy atom. The number of aliphatic hydroxyl groups is 1. The average Bonchev–Trinajstić information content (AvgIpc) is 2.63. The summed E-state index contributed by atoms with van der Waals surface area (Å²) in [6.07, 6.45) is -2.49. The van der Waals surface area contributed by atoms with Crippen molar-refractivity contribution in [3.8, 4) is 0 Å². The quantitative estimate of drug-likeness (QED) is 0.564. The van der Waals surface area contributed by atoms with Gasteiger partial charge in [0.15, 0.2) is 9.04 Å². The summed E-state index contributed by atoms with van der Waals surface area (Å²) in [6.45, 7) is 22.4. The summed E-state index contributed by atoms with van der Waals surface area (Å²) in [7, 11) is -1.34. The van der Waals surface area contributed by atoms with Crippen LogP contribution in [0.4, 0.5) is 0 Å². The van der Waals surface area contributed by atoms with Gasteiger partial charge in [-0.05, 0) is 75.4 Å². The van der Waals surface area contributed by atoms with E-state index in [0.717, 1.165) is 0 Å². The number of hydrogen-bond acceptors (Lipinski definition) is 6. The maximum absolute atomic E-state index is 12.2. The molecule has 1 heterocycles. The molecule has 0 amide bonds. The fourth-order valence-electron chi connectivity index (χ4n) is 3.91. The standard InChI is InChI=1S/C26H46O6Si/c1-23(2,3)30-20-19(17-28-33(10)11)29-26(27,18-15-13-12-14-16-18)22(32-25(7,8)9)21(20)31-24(4,5)6/h12-16,19-22,27,33H,17H2,1-11H3/t19-,20-,21+,22-,26-/m1/s1. The van der Waals surface area contributed by atoms with Gasteiger partial charge in [0.1, 0.15) is 24.4 Å². The van der Waals surface area contributed by atoms with Crippen LogP contribution in [0.5, 0.6) is 0 Å². The Morgan fingerprint density at radius 2 is 1.30 bits per heavy atom. The summed E-state index contributed by atoms with van der Waals surface area (Å²) in [5.41, 5.74) is -0.911. The third-order valence-corrected chi connectivity index (χ3v) is 5.81. The van der Waals surface area contributed by atoms with Gasteiger partial charge in [-0.1, -0.05) is 30.3 Å². The van der Waals surface area contributed by atoms with Gasteiger partial charge in [-0.2, -0.15) is 0 Å². The molecule has 0 unspecified atom stereocenters. The molecule has 5 atom stereocenters. The molecule has 0 spiro atoms. The van der Waals surface area contributed by atoms with E-state index in [4.69, 9.17) is 23.4 Å². The number of hydrogen-bond donors (Lipinski definition) is 1. The van der Waals surface area contributed by atoms with Crippen LogP contribution in [0.2, 0.25) is 13.1 Å². The normalized spacial score (nSPS) is 29.5. The molecular weight excluding hydrogens is 436 g/mol. The summed E-state index contributed by atoms with van der Waals surface area (Å²) in [5.74, 6) is -1.74. The van der Waals surface area contributed by atoms with Crippen LogP contribution in [-0.2, 0) is 29.2 Å². The van der Waals surface area contributed by atoms with E-state index in [1.807, 2.05) is 92.6 Å². The lowest BCUT2D eigenvalue weighted by Crippen LogP contribution is -2.68. The molecule has 1 aliphatic rings. The third kappa shape index (κ3) is 8.42. The van der Waals surface area contributed by atoms with Crippen molar-refractivity contribution in [2.24, 2.45) is 0 Å². The molecule has 1 aromatic carbocycles. The molecule has 1 aromatic rings. The summed E-state index contributed by atoms with van der Waals surface area (Å²) in [6, 6.07) is 9.39. The summed E-state index contributed by atoms with van der Waals surface area (Å²) >= 11 is 0. The van der Waals surface area contributed by atoms with Gasteiger partial charge in [0.2, 0.25) is 5.79 Å². The first kappa shape index (κ1) is 28.4. The van der Waals surface area contributed by atoms with Crippen molar-refractivity contribution in [2.75, 3.05) is 6.61 Å². The summed E-state index contributed by atoms with van der Waals surface area (Å²) < 4.78 is 32.3. The molecule has 6 nitrogen and oxygen atoms in total. The van der Waals surface area contributed by atoms with Crippen LogP contribution in [0.3, 0.4) is 0 Å². The smallest absolute Gasteiger partial charge is 0.222 e. The number of ether oxygens (including phenoxy) is 4. The van der Waals surface area contributed by atoms with E-state index in [9.17, 15) is 5.11 Å². The van der Waals surface area contributed by atoms with E-state index >= 15 is 0 Å². The van der Waals surface area contributed by atoms with Crippen molar-refractivity contribution in [1.82, 2.24) is 0 Å². The van der Waals surface area contributed by atoms with Crippen molar-refractivity contribution < 1.29 is 28.5 Å². The lowest BCUT2D eigenvalue weighted by atomic mass is 9.86. The van der Waals surface area contributed by atoms with E-state index in [1.165, 1.54) is 0 Å². The molecule has 190 valence electrons. The van der Waals surface area contributed by atoms with Crippen molar-refractivity contribution >= 4 is 9.04 Å². The zero-order valence-electron chi connectivity index (χ0n) is 22.5. The Hall–Kier alpha value is -0.803. The van der Waals surface area contributed by atoms with E-state index in [2.05, 4.69) is 13.1 Å². The topological polar surface area (TPSA) is 66.4 Å². The Bertz CT molecular complexity index is 734. The molecule has 0 aliphatic carbocycles. The minimum absolute atomic E-state index is 0.312. The lowest BCUT2D eigenvalue weighted by molar-refractivity contribution is -0.394. The van der Waals surface area contributed by atoms with Gasteiger partial charge in [-0.25, -0.2) is 0 Å². The average molecular weight is 483 g/mol. The molecule has 7 heteroatoms. The molecule has 33 heavy (non-hydrogen) atoms. The highest BCUT2D eigenvalue weighted by molar-refractivity contribution is 6.48. The minimum Gasteiger partial charge on any atom is -0.418 e. The molecule has 0 bridgehead atoms. The van der Waals surface area contributed by atoms with Crippen molar-refractivity contribution in [3.05, 3.63) is 35.9 Å². The highest BCUT2D eigenvalue weighted by Gasteiger charge is 2.59. The molecule has 0 aromatic heterocycles. The second kappa shape index (κ2) is 10.4. The van der Waals surface area contributed by atoms with Crippen molar-refractivity contribution in [3.63, 3.8) is 0 Å². The summed E-state index contributed by atoms with van der Waals surface area (Å²) in [5, 5.41) is 12.2. The van der Waals surface area contributed by atoms with E-state index in [-0.39, 0.29) is 0 Å². The third-order valence-electron chi connectivity index (χ3n) is 4.95. The first-order valence-electron chi connectivity index (χ1n) is 12.0. The molecule has 0 radical (unpaired) electrons. The predicted molar refractivity (Wildman–Crippen MR) is 134 cm³/mol. The highest BCUT2D eigenvalue weighted by Crippen LogP contribution is 2.43. The van der Waals surface area contributed by atoms with Crippen molar-refractivity contribution in [2.45, 2.75) is 122 Å². The lowest BCUT2D eigenvalue weighted by Gasteiger charge is -2.54. The molecule has 1 N–H and O–H groups in total. The molecule has 1 fully saturated rings. The van der Waals surface area contributed by atoms with Gasteiger partial charge in [-0.15, -0.1) is 0 Å². The van der Waals surface area contributed by atoms with Crippen LogP contribution in [0, 0.1) is 0 Å². The number of benzene rings is 1. The summed E-state index contributed by atoms with van der Waals surface area (Å²) in [4.78, 5) is 0. The zero-order chi connectivity index (χ0) is 25.2. The van der Waals surface area contributed by atoms with Crippen LogP contribution in [-0.4, -0.2) is 62.0 Å². The van der Waals surface area contributed by atoms with Gasteiger partial charge in [0, 0.05) is 5.56 Å². The van der Waals surface area contributed by atoms with Crippen molar-refractivity contribution in [1.29, 1.82) is 0 Å². The first-order valence-corrected chi connectivity index (χ1v) is 14.8. The van der Waals surface area contributed by atoms with E-state index in [1.54, 1.807) is 0 Å². The molecule has 1 saturated heterocycles. The second-order valence-electron chi connectivity index (χ2n) is 12.1. The van der Waals surface area contributed by atoms with Crippen LogP contribution in [0.25, 0.3) is 0 Å². The molecule has 1 aliphatic heterocycles. The Labute approximate surface area is 202 Å². The fraction of sp³-hybridized carbons (Fsp3) is 0.769. The van der Waals surface area contributed by atoms with E-state index in [0.29, 0.717) is 12.2 Å². The maximum Gasteiger partial charge on any atom is 0.222 e. The van der Waals surface area contributed by atoms with Gasteiger partial charge >= 0.3 is 0 Å². The Morgan fingerprint density at radius 3 is 1.76 bits per heavy atom. The molecular formula is C26H46O6Si. The first-order chi connectivity index (χ1) is 14.9.